The molecule has 3 heteroatoms. The molecule has 1 atom stereocenters. The molecule has 1 aliphatic heterocycles. The molecule has 2 heterocycles. The summed E-state index contributed by atoms with van der Waals surface area (Å²) in [7, 11) is 0. The summed E-state index contributed by atoms with van der Waals surface area (Å²) in [4.78, 5) is 7.48. The monoisotopic (exact) mass is 412 g/mol. The summed E-state index contributed by atoms with van der Waals surface area (Å²) in [5.41, 5.74) is 5.43. The fraction of sp³-hybridized carbons (Fsp3) is 0.296. The van der Waals surface area contributed by atoms with Crippen LogP contribution in [0.3, 0.4) is 0 Å². The molecule has 0 amide bonds. The lowest BCUT2D eigenvalue weighted by atomic mass is 9.79. The van der Waals surface area contributed by atoms with Crippen LogP contribution < -0.4 is 4.90 Å². The maximum atomic E-state index is 4.93. The predicted octanol–water partition coefficient (Wildman–Crippen LogP) is 7.73. The van der Waals surface area contributed by atoms with Gasteiger partial charge in [0.1, 0.15) is 5.01 Å². The van der Waals surface area contributed by atoms with Gasteiger partial charge in [0.2, 0.25) is 0 Å². The quantitative estimate of drug-likeness (QED) is 0.342. The number of benzene rings is 3. The van der Waals surface area contributed by atoms with Gasteiger partial charge in [0, 0.05) is 23.2 Å². The SMILES string of the molecule is CCN1c2ccc(/C=C/c3nc4c(ccc5ccccc54)s3)cc2C(C)CC1(C)C. The molecular formula is C27H28N2S. The molecule has 3 aromatic carbocycles. The Kier molecular flexibility index (Phi) is 4.67. The first-order chi connectivity index (χ1) is 14.5. The molecule has 0 saturated carbocycles. The topological polar surface area (TPSA) is 16.1 Å². The summed E-state index contributed by atoms with van der Waals surface area (Å²) in [6, 6.07) is 19.8. The summed E-state index contributed by atoms with van der Waals surface area (Å²) in [5.74, 6) is 0.569. The molecule has 1 aromatic heterocycles. The van der Waals surface area contributed by atoms with E-state index in [0.29, 0.717) is 5.92 Å². The number of nitrogens with zero attached hydrogens (tertiary/aromatic N) is 2. The Morgan fingerprint density at radius 3 is 2.77 bits per heavy atom. The predicted molar refractivity (Wildman–Crippen MR) is 133 cm³/mol. The Morgan fingerprint density at radius 2 is 1.93 bits per heavy atom. The average molecular weight is 413 g/mol. The lowest BCUT2D eigenvalue weighted by Gasteiger charge is -2.47. The number of fused-ring (bicyclic) bond motifs is 4. The van der Waals surface area contributed by atoms with Crippen molar-refractivity contribution in [2.24, 2.45) is 0 Å². The van der Waals surface area contributed by atoms with Gasteiger partial charge in [-0.05, 0) is 73.9 Å². The maximum Gasteiger partial charge on any atom is 0.117 e. The van der Waals surface area contributed by atoms with E-state index in [1.54, 1.807) is 11.3 Å². The molecule has 0 radical (unpaired) electrons. The van der Waals surface area contributed by atoms with Crippen LogP contribution in [0.15, 0.2) is 54.6 Å². The van der Waals surface area contributed by atoms with Crippen LogP contribution in [-0.2, 0) is 0 Å². The maximum absolute atomic E-state index is 4.93. The van der Waals surface area contributed by atoms with E-state index in [-0.39, 0.29) is 5.54 Å². The Bertz CT molecular complexity index is 1260. The minimum Gasteiger partial charge on any atom is -0.366 e. The molecule has 5 rings (SSSR count). The zero-order valence-corrected chi connectivity index (χ0v) is 19.0. The Morgan fingerprint density at radius 1 is 1.10 bits per heavy atom. The minimum absolute atomic E-state index is 0.211. The standard InChI is InChI=1S/C27H28N2S/c1-5-29-23-13-10-19(16-22(23)18(2)17-27(29,3)4)11-15-25-28-26-21-9-7-6-8-20(21)12-14-24(26)30-25/h6-16,18H,5,17H2,1-4H3/b15-11+. The molecule has 4 aromatic rings. The lowest BCUT2D eigenvalue weighted by molar-refractivity contribution is 0.381. The van der Waals surface area contributed by atoms with Crippen molar-refractivity contribution in [1.29, 1.82) is 0 Å². The summed E-state index contributed by atoms with van der Waals surface area (Å²) in [6.07, 6.45) is 5.56. The van der Waals surface area contributed by atoms with Gasteiger partial charge in [-0.25, -0.2) is 4.98 Å². The molecule has 0 N–H and O–H groups in total. The van der Waals surface area contributed by atoms with Gasteiger partial charge in [-0.3, -0.25) is 0 Å². The van der Waals surface area contributed by atoms with Crippen molar-refractivity contribution in [2.75, 3.05) is 11.4 Å². The number of thiazole rings is 1. The zero-order valence-electron chi connectivity index (χ0n) is 18.1. The van der Waals surface area contributed by atoms with E-state index < -0.39 is 0 Å². The van der Waals surface area contributed by atoms with Gasteiger partial charge < -0.3 is 4.90 Å². The second-order valence-corrected chi connectivity index (χ2v) is 10.1. The highest BCUT2D eigenvalue weighted by Gasteiger charge is 2.35. The fourth-order valence-electron chi connectivity index (χ4n) is 5.13. The average Bonchev–Trinajstić information content (AvgIpc) is 3.16. The highest BCUT2D eigenvalue weighted by atomic mass is 32.1. The van der Waals surface area contributed by atoms with Crippen LogP contribution in [0.4, 0.5) is 5.69 Å². The van der Waals surface area contributed by atoms with Crippen LogP contribution in [0.2, 0.25) is 0 Å². The molecule has 0 spiro atoms. The largest absolute Gasteiger partial charge is 0.366 e. The third-order valence-electron chi connectivity index (χ3n) is 6.44. The van der Waals surface area contributed by atoms with Crippen molar-refractivity contribution in [2.45, 2.75) is 45.6 Å². The van der Waals surface area contributed by atoms with E-state index in [9.17, 15) is 0 Å². The van der Waals surface area contributed by atoms with Crippen LogP contribution in [0.1, 0.15) is 56.2 Å². The molecule has 0 fully saturated rings. The van der Waals surface area contributed by atoms with Crippen LogP contribution in [0, 0.1) is 0 Å². The second-order valence-electron chi connectivity index (χ2n) is 9.00. The summed E-state index contributed by atoms with van der Waals surface area (Å²) in [5, 5.41) is 3.54. The van der Waals surface area contributed by atoms with Crippen LogP contribution in [0.5, 0.6) is 0 Å². The van der Waals surface area contributed by atoms with Crippen LogP contribution >= 0.6 is 11.3 Å². The number of anilines is 1. The van der Waals surface area contributed by atoms with Crippen molar-refractivity contribution in [3.8, 4) is 0 Å². The molecule has 30 heavy (non-hydrogen) atoms. The Balaban J connectivity index is 1.49. The number of hydrogen-bond donors (Lipinski definition) is 0. The zero-order chi connectivity index (χ0) is 20.9. The summed E-state index contributed by atoms with van der Waals surface area (Å²) in [6.45, 7) is 10.4. The molecule has 0 bridgehead atoms. The fourth-order valence-corrected chi connectivity index (χ4v) is 6.02. The normalized spacial score (nSPS) is 18.4. The third kappa shape index (κ3) is 3.22. The number of hydrogen-bond acceptors (Lipinski definition) is 3. The van der Waals surface area contributed by atoms with Gasteiger partial charge in [-0.15, -0.1) is 11.3 Å². The molecule has 2 nitrogen and oxygen atoms in total. The van der Waals surface area contributed by atoms with Gasteiger partial charge >= 0.3 is 0 Å². The van der Waals surface area contributed by atoms with Crippen molar-refractivity contribution in [1.82, 2.24) is 4.98 Å². The highest BCUT2D eigenvalue weighted by Crippen LogP contribution is 2.43. The number of rotatable bonds is 3. The van der Waals surface area contributed by atoms with Crippen LogP contribution in [0.25, 0.3) is 33.1 Å². The van der Waals surface area contributed by atoms with Crippen molar-refractivity contribution < 1.29 is 0 Å². The lowest BCUT2D eigenvalue weighted by Crippen LogP contribution is -2.48. The van der Waals surface area contributed by atoms with Crippen molar-refractivity contribution in [3.63, 3.8) is 0 Å². The first kappa shape index (κ1) is 19.3. The third-order valence-corrected chi connectivity index (χ3v) is 7.43. The van der Waals surface area contributed by atoms with Crippen molar-refractivity contribution in [3.05, 3.63) is 70.7 Å². The van der Waals surface area contributed by atoms with Gasteiger partial charge in [0.05, 0.1) is 10.2 Å². The first-order valence-corrected chi connectivity index (χ1v) is 11.7. The second kappa shape index (κ2) is 7.24. The first-order valence-electron chi connectivity index (χ1n) is 10.8. The molecule has 0 saturated heterocycles. The Labute approximate surface area is 182 Å². The minimum atomic E-state index is 0.211. The van der Waals surface area contributed by atoms with E-state index in [2.05, 4.69) is 99.3 Å². The van der Waals surface area contributed by atoms with Gasteiger partial charge in [0.15, 0.2) is 0 Å². The number of aromatic nitrogens is 1. The smallest absolute Gasteiger partial charge is 0.117 e. The molecule has 1 unspecified atom stereocenters. The van der Waals surface area contributed by atoms with Gasteiger partial charge in [0.25, 0.3) is 0 Å². The van der Waals surface area contributed by atoms with E-state index in [0.717, 1.165) is 17.1 Å². The Hall–Kier alpha value is -2.65. The summed E-state index contributed by atoms with van der Waals surface area (Å²) >= 11 is 1.76. The molecule has 1 aliphatic rings. The van der Waals surface area contributed by atoms with Crippen LogP contribution in [-0.4, -0.2) is 17.1 Å². The van der Waals surface area contributed by atoms with E-state index in [1.807, 2.05) is 0 Å². The van der Waals surface area contributed by atoms with Gasteiger partial charge in [-0.1, -0.05) is 49.4 Å². The molecular weight excluding hydrogens is 384 g/mol. The van der Waals surface area contributed by atoms with E-state index in [1.165, 1.54) is 38.7 Å². The highest BCUT2D eigenvalue weighted by molar-refractivity contribution is 7.19. The molecule has 152 valence electrons. The van der Waals surface area contributed by atoms with Crippen molar-refractivity contribution >= 4 is 50.2 Å². The van der Waals surface area contributed by atoms with E-state index in [4.69, 9.17) is 4.98 Å². The molecule has 0 aliphatic carbocycles. The summed E-state index contributed by atoms with van der Waals surface area (Å²) < 4.78 is 1.24. The van der Waals surface area contributed by atoms with E-state index >= 15 is 0 Å². The van der Waals surface area contributed by atoms with Gasteiger partial charge in [-0.2, -0.15) is 0 Å².